The van der Waals surface area contributed by atoms with Crippen molar-refractivity contribution in [3.63, 3.8) is 0 Å². The van der Waals surface area contributed by atoms with Crippen molar-refractivity contribution in [2.75, 3.05) is 14.2 Å². The third-order valence-corrected chi connectivity index (χ3v) is 4.63. The number of hydrogen-bond donors (Lipinski definition) is 1. The van der Waals surface area contributed by atoms with E-state index in [1.807, 2.05) is 18.3 Å². The van der Waals surface area contributed by atoms with E-state index in [1.165, 1.54) is 10.4 Å². The molecule has 0 fully saturated rings. The number of thiazole rings is 1. The molecular formula is C17H24N2O2S. The van der Waals surface area contributed by atoms with E-state index in [0.29, 0.717) is 6.04 Å². The smallest absolute Gasteiger partial charge is 0.160 e. The molecule has 5 heteroatoms. The molecule has 1 N–H and O–H groups in total. The summed E-state index contributed by atoms with van der Waals surface area (Å²) in [5.74, 6) is 1.54. The first-order chi connectivity index (χ1) is 10.5. The molecule has 2 rings (SSSR count). The number of hydrogen-bond acceptors (Lipinski definition) is 5. The third kappa shape index (κ3) is 4.21. The van der Waals surface area contributed by atoms with Gasteiger partial charge in [0.05, 0.1) is 20.3 Å². The highest BCUT2D eigenvalue weighted by Crippen LogP contribution is 2.28. The van der Waals surface area contributed by atoms with Crippen molar-refractivity contribution in [1.29, 1.82) is 0 Å². The zero-order valence-electron chi connectivity index (χ0n) is 13.8. The van der Waals surface area contributed by atoms with Gasteiger partial charge < -0.3 is 14.8 Å². The Balaban J connectivity index is 1.98. The highest BCUT2D eigenvalue weighted by Gasteiger charge is 2.14. The summed E-state index contributed by atoms with van der Waals surface area (Å²) in [5, 5.41) is 4.74. The molecule has 0 aliphatic rings. The molecule has 0 amide bonds. The predicted octanol–water partition coefficient (Wildman–Crippen LogP) is 3.75. The standard InChI is InChI=1S/C17H24N2O2S/c1-11(19-13(3)17-18-10-12(2)22-17)8-14-6-7-15(20-4)16(9-14)21-5/h6-7,9-11,13,19H,8H2,1-5H3/t11-,13+/m1/s1. The summed E-state index contributed by atoms with van der Waals surface area (Å²) < 4.78 is 10.6. The minimum Gasteiger partial charge on any atom is -0.493 e. The van der Waals surface area contributed by atoms with E-state index in [1.54, 1.807) is 25.6 Å². The molecule has 2 aromatic rings. The Morgan fingerprint density at radius 2 is 1.91 bits per heavy atom. The lowest BCUT2D eigenvalue weighted by Crippen LogP contribution is -2.30. The summed E-state index contributed by atoms with van der Waals surface area (Å²) in [5.41, 5.74) is 1.22. The Kier molecular flexibility index (Phi) is 5.80. The molecule has 1 heterocycles. The first-order valence-corrected chi connectivity index (χ1v) is 8.24. The van der Waals surface area contributed by atoms with Crippen molar-refractivity contribution in [3.8, 4) is 11.5 Å². The van der Waals surface area contributed by atoms with Crippen molar-refractivity contribution in [2.45, 2.75) is 39.3 Å². The number of ether oxygens (including phenoxy) is 2. The van der Waals surface area contributed by atoms with Crippen molar-refractivity contribution in [1.82, 2.24) is 10.3 Å². The minimum atomic E-state index is 0.258. The van der Waals surface area contributed by atoms with Crippen LogP contribution in [0.2, 0.25) is 0 Å². The molecule has 0 unspecified atom stereocenters. The van der Waals surface area contributed by atoms with Crippen LogP contribution in [0.15, 0.2) is 24.4 Å². The van der Waals surface area contributed by atoms with Crippen LogP contribution in [0.3, 0.4) is 0 Å². The lowest BCUT2D eigenvalue weighted by molar-refractivity contribution is 0.354. The maximum Gasteiger partial charge on any atom is 0.160 e. The van der Waals surface area contributed by atoms with Crippen LogP contribution in [-0.2, 0) is 6.42 Å². The highest BCUT2D eigenvalue weighted by atomic mass is 32.1. The molecule has 120 valence electrons. The van der Waals surface area contributed by atoms with Gasteiger partial charge in [-0.05, 0) is 44.9 Å². The second kappa shape index (κ2) is 7.61. The number of nitrogens with one attached hydrogen (secondary N) is 1. The van der Waals surface area contributed by atoms with Gasteiger partial charge in [-0.25, -0.2) is 4.98 Å². The van der Waals surface area contributed by atoms with Crippen molar-refractivity contribution < 1.29 is 9.47 Å². The molecule has 0 spiro atoms. The van der Waals surface area contributed by atoms with Crippen LogP contribution in [0.4, 0.5) is 0 Å². The van der Waals surface area contributed by atoms with Gasteiger partial charge in [-0.15, -0.1) is 11.3 Å². The van der Waals surface area contributed by atoms with E-state index in [4.69, 9.17) is 9.47 Å². The summed E-state index contributed by atoms with van der Waals surface area (Å²) in [4.78, 5) is 5.69. The van der Waals surface area contributed by atoms with Gasteiger partial charge >= 0.3 is 0 Å². The van der Waals surface area contributed by atoms with Gasteiger partial charge in [0.2, 0.25) is 0 Å². The fourth-order valence-electron chi connectivity index (χ4n) is 2.49. The number of rotatable bonds is 7. The van der Waals surface area contributed by atoms with Gasteiger partial charge in [-0.3, -0.25) is 0 Å². The van der Waals surface area contributed by atoms with E-state index >= 15 is 0 Å². The molecule has 0 aliphatic heterocycles. The number of aryl methyl sites for hydroxylation is 1. The second-order valence-corrected chi connectivity index (χ2v) is 6.76. The number of aromatic nitrogens is 1. The number of benzene rings is 1. The maximum absolute atomic E-state index is 5.36. The zero-order chi connectivity index (χ0) is 16.1. The lowest BCUT2D eigenvalue weighted by Gasteiger charge is -2.19. The molecule has 2 atom stereocenters. The topological polar surface area (TPSA) is 43.4 Å². The summed E-state index contributed by atoms with van der Waals surface area (Å²) in [6, 6.07) is 6.67. The minimum absolute atomic E-state index is 0.258. The Bertz CT molecular complexity index is 612. The van der Waals surface area contributed by atoms with E-state index in [0.717, 1.165) is 22.9 Å². The SMILES string of the molecule is COc1ccc(C[C@@H](C)N[C@@H](C)c2ncc(C)s2)cc1OC. The Morgan fingerprint density at radius 1 is 1.18 bits per heavy atom. The summed E-state index contributed by atoms with van der Waals surface area (Å²) in [6.07, 6.45) is 2.85. The molecule has 0 saturated heterocycles. The van der Waals surface area contributed by atoms with Crippen LogP contribution in [0.5, 0.6) is 11.5 Å². The van der Waals surface area contributed by atoms with Crippen LogP contribution < -0.4 is 14.8 Å². The molecule has 0 radical (unpaired) electrons. The van der Waals surface area contributed by atoms with Crippen LogP contribution in [0.1, 0.15) is 35.3 Å². The number of methoxy groups -OCH3 is 2. The van der Waals surface area contributed by atoms with Gasteiger partial charge in [0.15, 0.2) is 11.5 Å². The summed E-state index contributed by atoms with van der Waals surface area (Å²) in [7, 11) is 3.32. The third-order valence-electron chi connectivity index (χ3n) is 3.53. The van der Waals surface area contributed by atoms with E-state index in [-0.39, 0.29) is 6.04 Å². The van der Waals surface area contributed by atoms with Crippen molar-refractivity contribution in [2.24, 2.45) is 0 Å². The van der Waals surface area contributed by atoms with Crippen molar-refractivity contribution in [3.05, 3.63) is 39.8 Å². The van der Waals surface area contributed by atoms with Crippen LogP contribution >= 0.6 is 11.3 Å². The van der Waals surface area contributed by atoms with Crippen molar-refractivity contribution >= 4 is 11.3 Å². The quantitative estimate of drug-likeness (QED) is 0.844. The molecule has 0 bridgehead atoms. The molecule has 22 heavy (non-hydrogen) atoms. The van der Waals surface area contributed by atoms with E-state index < -0.39 is 0 Å². The van der Waals surface area contributed by atoms with Crippen LogP contribution in [0.25, 0.3) is 0 Å². The van der Waals surface area contributed by atoms with Gasteiger partial charge in [0.1, 0.15) is 5.01 Å². The second-order valence-electron chi connectivity index (χ2n) is 5.49. The normalized spacial score (nSPS) is 13.7. The molecule has 1 aromatic carbocycles. The maximum atomic E-state index is 5.36. The predicted molar refractivity (Wildman–Crippen MR) is 91.1 cm³/mol. The highest BCUT2D eigenvalue weighted by molar-refractivity contribution is 7.11. The first kappa shape index (κ1) is 16.8. The van der Waals surface area contributed by atoms with Gasteiger partial charge in [0, 0.05) is 17.1 Å². The molecule has 0 aliphatic carbocycles. The van der Waals surface area contributed by atoms with Crippen LogP contribution in [-0.4, -0.2) is 25.2 Å². The fourth-order valence-corrected chi connectivity index (χ4v) is 3.28. The van der Waals surface area contributed by atoms with Gasteiger partial charge in [-0.1, -0.05) is 6.07 Å². The first-order valence-electron chi connectivity index (χ1n) is 7.42. The zero-order valence-corrected chi connectivity index (χ0v) is 14.7. The average Bonchev–Trinajstić information content (AvgIpc) is 2.93. The monoisotopic (exact) mass is 320 g/mol. The molecule has 0 saturated carbocycles. The molecular weight excluding hydrogens is 296 g/mol. The molecule has 4 nitrogen and oxygen atoms in total. The van der Waals surface area contributed by atoms with E-state index in [9.17, 15) is 0 Å². The van der Waals surface area contributed by atoms with Crippen LogP contribution in [0, 0.1) is 6.92 Å². The van der Waals surface area contributed by atoms with Gasteiger partial charge in [0.25, 0.3) is 0 Å². The Hall–Kier alpha value is -1.59. The Labute approximate surface area is 136 Å². The molecule has 1 aromatic heterocycles. The summed E-state index contributed by atoms with van der Waals surface area (Å²) in [6.45, 7) is 6.43. The average molecular weight is 320 g/mol. The number of nitrogens with zero attached hydrogens (tertiary/aromatic N) is 1. The van der Waals surface area contributed by atoms with Gasteiger partial charge in [-0.2, -0.15) is 0 Å². The van der Waals surface area contributed by atoms with E-state index in [2.05, 4.69) is 37.1 Å². The fraction of sp³-hybridized carbons (Fsp3) is 0.471. The largest absolute Gasteiger partial charge is 0.493 e. The Morgan fingerprint density at radius 3 is 2.50 bits per heavy atom. The lowest BCUT2D eigenvalue weighted by atomic mass is 10.1. The summed E-state index contributed by atoms with van der Waals surface area (Å²) >= 11 is 1.74.